The number of hydrogen-bond donors (Lipinski definition) is 1. The van der Waals surface area contributed by atoms with Crippen molar-refractivity contribution in [1.29, 1.82) is 5.26 Å². The van der Waals surface area contributed by atoms with Crippen molar-refractivity contribution in [2.24, 2.45) is 0 Å². The maximum Gasteiger partial charge on any atom is 0.264 e. The summed E-state index contributed by atoms with van der Waals surface area (Å²) in [5.41, 5.74) is 1.38. The second kappa shape index (κ2) is 8.18. The molecule has 0 saturated heterocycles. The van der Waals surface area contributed by atoms with E-state index in [2.05, 4.69) is 19.7 Å². The number of nitriles is 1. The molecule has 2 aromatic heterocycles. The van der Waals surface area contributed by atoms with Crippen LogP contribution in [0.4, 0.5) is 5.95 Å². The third-order valence-electron chi connectivity index (χ3n) is 4.50. The molecule has 154 valence electrons. The minimum atomic E-state index is -3.89. The van der Waals surface area contributed by atoms with E-state index < -0.39 is 10.0 Å². The van der Waals surface area contributed by atoms with Crippen LogP contribution in [0, 0.1) is 11.3 Å². The number of aromatic nitrogens is 3. The van der Waals surface area contributed by atoms with E-state index in [1.54, 1.807) is 36.5 Å². The first-order chi connectivity index (χ1) is 14.9. The van der Waals surface area contributed by atoms with Gasteiger partial charge in [-0.25, -0.2) is 23.1 Å². The molecule has 0 saturated carbocycles. The van der Waals surface area contributed by atoms with Crippen molar-refractivity contribution in [3.63, 3.8) is 0 Å². The summed E-state index contributed by atoms with van der Waals surface area (Å²) in [6.07, 6.45) is 4.44. The van der Waals surface area contributed by atoms with E-state index in [-0.39, 0.29) is 21.4 Å². The predicted molar refractivity (Wildman–Crippen MR) is 116 cm³/mol. The monoisotopic (exact) mass is 451 g/mol. The Labute approximate surface area is 183 Å². The summed E-state index contributed by atoms with van der Waals surface area (Å²) in [5.74, 6) is 0.427. The molecular weight excluding hydrogens is 438 g/mol. The molecule has 0 unspecified atom stereocenters. The number of anilines is 1. The van der Waals surface area contributed by atoms with Gasteiger partial charge in [-0.2, -0.15) is 5.26 Å². The van der Waals surface area contributed by atoms with Gasteiger partial charge in [0.05, 0.1) is 28.3 Å². The van der Waals surface area contributed by atoms with Crippen molar-refractivity contribution in [3.8, 4) is 23.1 Å². The van der Waals surface area contributed by atoms with Gasteiger partial charge >= 0.3 is 0 Å². The van der Waals surface area contributed by atoms with E-state index in [0.29, 0.717) is 27.8 Å². The SMILES string of the molecule is COc1cc(Cl)c(C#N)cc1-c1nccc2cc(S(=O)(=O)Nc3ncccn3)ccc12. The minimum absolute atomic E-state index is 0.0204. The number of sulfonamides is 1. The van der Waals surface area contributed by atoms with E-state index >= 15 is 0 Å². The highest BCUT2D eigenvalue weighted by molar-refractivity contribution is 7.92. The number of halogens is 1. The van der Waals surface area contributed by atoms with Gasteiger partial charge in [-0.15, -0.1) is 0 Å². The Balaban J connectivity index is 1.83. The first-order valence-electron chi connectivity index (χ1n) is 8.89. The number of pyridine rings is 1. The minimum Gasteiger partial charge on any atom is -0.496 e. The van der Waals surface area contributed by atoms with Crippen molar-refractivity contribution in [2.75, 3.05) is 11.8 Å². The van der Waals surface area contributed by atoms with Crippen molar-refractivity contribution in [1.82, 2.24) is 15.0 Å². The molecule has 0 spiro atoms. The van der Waals surface area contributed by atoms with Gasteiger partial charge in [0.2, 0.25) is 5.95 Å². The van der Waals surface area contributed by atoms with E-state index in [4.69, 9.17) is 16.3 Å². The normalized spacial score (nSPS) is 11.1. The maximum absolute atomic E-state index is 12.7. The summed E-state index contributed by atoms with van der Waals surface area (Å²) in [6, 6.07) is 13.1. The zero-order valence-corrected chi connectivity index (χ0v) is 17.6. The summed E-state index contributed by atoms with van der Waals surface area (Å²) in [7, 11) is -2.40. The number of fused-ring (bicyclic) bond motifs is 1. The van der Waals surface area contributed by atoms with E-state index in [1.807, 2.05) is 6.07 Å². The summed E-state index contributed by atoms with van der Waals surface area (Å²) < 4.78 is 33.3. The molecule has 0 atom stereocenters. The first-order valence-corrected chi connectivity index (χ1v) is 10.8. The van der Waals surface area contributed by atoms with Crippen LogP contribution in [0.2, 0.25) is 5.02 Å². The van der Waals surface area contributed by atoms with Gasteiger partial charge in [0.25, 0.3) is 10.0 Å². The van der Waals surface area contributed by atoms with Gasteiger partial charge in [-0.1, -0.05) is 17.7 Å². The Morgan fingerprint density at radius 3 is 2.55 bits per heavy atom. The zero-order valence-electron chi connectivity index (χ0n) is 16.1. The van der Waals surface area contributed by atoms with Gasteiger partial charge < -0.3 is 4.74 Å². The molecule has 0 amide bonds. The highest BCUT2D eigenvalue weighted by atomic mass is 35.5. The second-order valence-corrected chi connectivity index (χ2v) is 8.45. The number of benzene rings is 2. The Morgan fingerprint density at radius 1 is 1.06 bits per heavy atom. The van der Waals surface area contributed by atoms with Crippen LogP contribution in [-0.2, 0) is 10.0 Å². The molecule has 0 aliphatic rings. The Morgan fingerprint density at radius 2 is 1.84 bits per heavy atom. The topological polar surface area (TPSA) is 118 Å². The van der Waals surface area contributed by atoms with Gasteiger partial charge in [0.1, 0.15) is 11.8 Å². The van der Waals surface area contributed by atoms with Crippen molar-refractivity contribution in [2.45, 2.75) is 4.90 Å². The molecule has 31 heavy (non-hydrogen) atoms. The molecule has 8 nitrogen and oxygen atoms in total. The van der Waals surface area contributed by atoms with Gasteiger partial charge in [-0.3, -0.25) is 4.98 Å². The first kappa shape index (κ1) is 20.5. The van der Waals surface area contributed by atoms with Crippen LogP contribution in [0.25, 0.3) is 22.0 Å². The number of rotatable bonds is 5. The van der Waals surface area contributed by atoms with Crippen LogP contribution < -0.4 is 9.46 Å². The third kappa shape index (κ3) is 3.99. The number of methoxy groups -OCH3 is 1. The lowest BCUT2D eigenvalue weighted by Gasteiger charge is -2.13. The zero-order chi connectivity index (χ0) is 22.0. The van der Waals surface area contributed by atoms with Gasteiger partial charge in [0, 0.05) is 35.6 Å². The summed E-state index contributed by atoms with van der Waals surface area (Å²) >= 11 is 6.12. The highest BCUT2D eigenvalue weighted by Crippen LogP contribution is 2.37. The van der Waals surface area contributed by atoms with Crippen LogP contribution in [0.3, 0.4) is 0 Å². The second-order valence-electron chi connectivity index (χ2n) is 6.36. The molecule has 0 fully saturated rings. The molecule has 2 heterocycles. The molecule has 4 rings (SSSR count). The molecule has 2 aromatic carbocycles. The number of nitrogens with one attached hydrogen (secondary N) is 1. The summed E-state index contributed by atoms with van der Waals surface area (Å²) in [6.45, 7) is 0. The fourth-order valence-electron chi connectivity index (χ4n) is 3.06. The molecule has 4 aromatic rings. The maximum atomic E-state index is 12.7. The average molecular weight is 452 g/mol. The quantitative estimate of drug-likeness (QED) is 0.486. The summed E-state index contributed by atoms with van der Waals surface area (Å²) in [4.78, 5) is 12.3. The molecule has 0 aliphatic carbocycles. The van der Waals surface area contributed by atoms with E-state index in [9.17, 15) is 13.7 Å². The molecule has 1 N–H and O–H groups in total. The van der Waals surface area contributed by atoms with Crippen molar-refractivity contribution in [3.05, 3.63) is 71.6 Å². The van der Waals surface area contributed by atoms with Crippen LogP contribution >= 0.6 is 11.6 Å². The smallest absolute Gasteiger partial charge is 0.264 e. The Bertz CT molecular complexity index is 1440. The molecule has 0 bridgehead atoms. The Kier molecular flexibility index (Phi) is 5.42. The molecular formula is C21H14ClN5O3S. The van der Waals surface area contributed by atoms with Gasteiger partial charge in [0.15, 0.2) is 0 Å². The largest absolute Gasteiger partial charge is 0.496 e. The average Bonchev–Trinajstić information content (AvgIpc) is 2.78. The van der Waals surface area contributed by atoms with Crippen LogP contribution in [0.15, 0.2) is 66.0 Å². The molecule has 0 aliphatic heterocycles. The number of hydrogen-bond acceptors (Lipinski definition) is 7. The van der Waals surface area contributed by atoms with Crippen LogP contribution in [-0.4, -0.2) is 30.5 Å². The summed E-state index contributed by atoms with van der Waals surface area (Å²) in [5, 5.41) is 10.9. The van der Waals surface area contributed by atoms with Crippen LogP contribution in [0.1, 0.15) is 5.56 Å². The lowest BCUT2D eigenvalue weighted by atomic mass is 10.0. The Hall–Kier alpha value is -3.74. The van der Waals surface area contributed by atoms with Crippen molar-refractivity contribution >= 4 is 38.3 Å². The van der Waals surface area contributed by atoms with Crippen LogP contribution in [0.5, 0.6) is 5.75 Å². The predicted octanol–water partition coefficient (Wildman–Crippen LogP) is 4.03. The number of ether oxygens (including phenoxy) is 1. The highest BCUT2D eigenvalue weighted by Gasteiger charge is 2.19. The fraction of sp³-hybridized carbons (Fsp3) is 0.0476. The lowest BCUT2D eigenvalue weighted by molar-refractivity contribution is 0.416. The van der Waals surface area contributed by atoms with Gasteiger partial charge in [-0.05, 0) is 35.7 Å². The standard InChI is InChI=1S/C21H14ClN5O3S/c1-30-19-11-18(22)14(12-23)10-17(19)20-16-4-3-15(9-13(16)5-8-24-20)31(28,29)27-21-25-6-2-7-26-21/h2-11H,1H3,(H,25,26,27). The number of nitrogens with zero attached hydrogens (tertiary/aromatic N) is 4. The molecule has 0 radical (unpaired) electrons. The third-order valence-corrected chi connectivity index (χ3v) is 6.14. The van der Waals surface area contributed by atoms with E-state index in [0.717, 1.165) is 0 Å². The van der Waals surface area contributed by atoms with E-state index in [1.165, 1.54) is 31.6 Å². The molecule has 10 heteroatoms. The van der Waals surface area contributed by atoms with Crippen molar-refractivity contribution < 1.29 is 13.2 Å². The fourth-order valence-corrected chi connectivity index (χ4v) is 4.25. The lowest BCUT2D eigenvalue weighted by Crippen LogP contribution is -2.14.